The molecule has 0 aromatic carbocycles. The number of carbonyl (C=O) groups is 12. The quantitative estimate of drug-likeness (QED) is 0.0334. The molecule has 0 saturated carbocycles. The van der Waals surface area contributed by atoms with E-state index in [9.17, 15) is 57.5 Å². The molecule has 2 N–H and O–H groups in total. The number of Topliss-reactive ketones (excluding diaryl/α,β-unsaturated/α-hetero) is 6. The molecule has 0 aromatic rings. The number of esters is 1. The van der Waals surface area contributed by atoms with Crippen LogP contribution in [0.5, 0.6) is 0 Å². The number of unbranched alkanes of at least 4 members (excludes halogenated alkanes) is 2. The van der Waals surface area contributed by atoms with Crippen LogP contribution in [0.15, 0.2) is 0 Å². The molecule has 0 aliphatic carbocycles. The molecule has 3 aliphatic heterocycles. The van der Waals surface area contributed by atoms with Crippen LogP contribution in [0.4, 0.5) is 4.79 Å². The Labute approximate surface area is 807 Å². The van der Waals surface area contributed by atoms with Gasteiger partial charge in [0, 0.05) is 154 Å². The molecule has 0 aromatic heterocycles. The summed E-state index contributed by atoms with van der Waals surface area (Å²) in [6.07, 6.45) is 17.8. The second kappa shape index (κ2) is 169. The number of nitrogens with zero attached hydrogens (tertiary/aromatic N) is 6. The van der Waals surface area contributed by atoms with Crippen molar-refractivity contribution in [3.05, 3.63) is 0 Å². The van der Waals surface area contributed by atoms with Crippen LogP contribution in [0.3, 0.4) is 0 Å². The first kappa shape index (κ1) is 177. The first-order valence-electron chi connectivity index (χ1n) is 48.2. The van der Waals surface area contributed by atoms with Crippen LogP contribution < -0.4 is 10.6 Å². The molecule has 3 saturated heterocycles. The van der Waals surface area contributed by atoms with Crippen LogP contribution in [-0.2, 0) is 95.5 Å². The fourth-order valence-electron chi connectivity index (χ4n) is 7.46. The lowest BCUT2D eigenvalue weighted by Crippen LogP contribution is -2.45. The van der Waals surface area contributed by atoms with Gasteiger partial charge in [0.05, 0.1) is 52.8 Å². The molecule has 130 heavy (non-hydrogen) atoms. The topological polar surface area (TPSA) is 331 Å². The molecule has 4 amide bonds. The van der Waals surface area contributed by atoms with E-state index in [0.29, 0.717) is 77.5 Å². The minimum Gasteiger partial charge on any atom is -0.466 e. The van der Waals surface area contributed by atoms with E-state index in [4.69, 9.17) is 23.8 Å². The predicted molar refractivity (Wildman–Crippen MR) is 557 cm³/mol. The summed E-state index contributed by atoms with van der Waals surface area (Å²) in [6, 6.07) is 0. The molecule has 3 fully saturated rings. The molecule has 0 radical (unpaired) electrons. The van der Waals surface area contributed by atoms with Crippen molar-refractivity contribution in [2.45, 2.75) is 388 Å². The molecule has 0 bridgehead atoms. The van der Waals surface area contributed by atoms with Crippen LogP contribution in [-0.4, -0.2) is 307 Å². The Hall–Kier alpha value is -5.76. The zero-order valence-electron chi connectivity index (χ0n) is 91.5. The number of nitrogens with one attached hydrogen (secondary N) is 2. The minimum absolute atomic E-state index is 0. The Morgan fingerprint density at radius 3 is 1.02 bits per heavy atom. The van der Waals surface area contributed by atoms with Crippen molar-refractivity contribution < 1.29 is 100 Å². The molecule has 29 heteroatoms. The van der Waals surface area contributed by atoms with Crippen molar-refractivity contribution in [1.82, 2.24) is 40.2 Å². The van der Waals surface area contributed by atoms with E-state index in [1.54, 1.807) is 60.8 Å². The van der Waals surface area contributed by atoms with Crippen LogP contribution in [0.25, 0.3) is 0 Å². The molecule has 1 atom stereocenters. The van der Waals surface area contributed by atoms with Gasteiger partial charge in [-0.15, -0.1) is 0 Å². The molecule has 29 nitrogen and oxygen atoms in total. The van der Waals surface area contributed by atoms with Gasteiger partial charge in [-0.3, -0.25) is 57.7 Å². The Kier molecular flexibility index (Phi) is 231. The molecule has 3 aliphatic rings. The summed E-state index contributed by atoms with van der Waals surface area (Å²) in [5.74, 6) is 2.03. The zero-order valence-corrected chi connectivity index (χ0v) is 91.5. The van der Waals surface area contributed by atoms with Crippen LogP contribution in [0.1, 0.15) is 388 Å². The standard InChI is InChI=1S/C8H16N2O.C8H16O3.C7H15NO3.C7H15NO2.2C7H13NO.C7H14O.C6H12O3.2C5H11NO.2C5H10O2.3C3H8.6C2H6.3CH4/c1-8(11)7-10-5-3-9(2)4-6-10;1-3-4-10-5-6-11-7-8(2)9;1-4-10-7(9)11-6-5-8(2)3;1-4-5-8(3)10-6-7(2)9;1-6-3-4-8(5-6)7(2)9;1-7(9)8-5-3-2-4-6-8;1-3-4-5-6-7(2)8;1-6(7)5-9-4-3-8-2;2*1-3-4-6-5(2)7;1-5(6)3-4-7-2;1-3-4-7-5(2)6;3*1-3-2;6*1-2;;;/h2*3-7H2,1-2H3;4-6H2,1-3H3;4-6H2,1-3H3;6H,3-5H2,1-2H3;2-6H2,1H3;3-6H2,1-2H3;3-5H2,1-2H3;2*3-4H2,1-2H3,(H,6,7);2*3-4H2,1-2H3;3*3H2,1-2H3;6*1-2H3;3*1H4/t;;;;6-;;;;;;;;;;;;;;;;;;;/m....1.................../s1. The first-order chi connectivity index (χ1) is 60.1. The Balaban J connectivity index is -0.0000000515. The van der Waals surface area contributed by atoms with Gasteiger partial charge in [0.15, 0.2) is 17.3 Å². The third-order valence-electron chi connectivity index (χ3n) is 13.1. The monoisotopic (exact) mass is 1890 g/mol. The summed E-state index contributed by atoms with van der Waals surface area (Å²) in [6.45, 7) is 87.4. The SMILES string of the molecule is C.C.C.CC.CC.CC.CC.CC.CC.CC(=O)CN1CCN(C)CC1.CC(=O)N1CCCCC1.CC(=O)N1CC[C@@H](C)C1.CCC.CCC.CCC.CCCCCC(C)=O.CCCN(C)OCC(C)=O.CCCNC(C)=O.CCCNC(C)=O.CCCOC(C)=O.CCCOCCOCC(C)=O.CCOC(=O)OCCN(C)C.COCCC(C)=O.COCCOCC(C)=O. The number of likely N-dealkylation sites (tertiary alicyclic amines) is 2. The highest BCUT2D eigenvalue weighted by Gasteiger charge is 2.20. The van der Waals surface area contributed by atoms with Crippen LogP contribution >= 0.6 is 0 Å². The van der Waals surface area contributed by atoms with Crippen LogP contribution in [0.2, 0.25) is 0 Å². The zero-order chi connectivity index (χ0) is 103. The van der Waals surface area contributed by atoms with Crippen molar-refractivity contribution in [2.75, 3.05) is 207 Å². The van der Waals surface area contributed by atoms with E-state index in [2.05, 4.69) is 116 Å². The summed E-state index contributed by atoms with van der Waals surface area (Å²) in [4.78, 5) is 140. The maximum atomic E-state index is 10.7. The van der Waals surface area contributed by atoms with Gasteiger partial charge < -0.3 is 72.9 Å². The maximum Gasteiger partial charge on any atom is 0.508 e. The lowest BCUT2D eigenvalue weighted by molar-refractivity contribution is -0.156. The second-order valence-corrected chi connectivity index (χ2v) is 27.5. The normalized spacial score (nSPS) is 11.3. The number of methoxy groups -OCH3 is 2. The van der Waals surface area contributed by atoms with Crippen LogP contribution in [0, 0.1) is 5.92 Å². The first-order valence-corrected chi connectivity index (χ1v) is 48.2. The van der Waals surface area contributed by atoms with Gasteiger partial charge in [-0.25, -0.2) is 4.79 Å². The smallest absolute Gasteiger partial charge is 0.466 e. The van der Waals surface area contributed by atoms with E-state index < -0.39 is 6.16 Å². The number of ether oxygens (including phenoxy) is 8. The third-order valence-corrected chi connectivity index (χ3v) is 13.1. The Bertz CT molecular complexity index is 2070. The highest BCUT2D eigenvalue weighted by molar-refractivity contribution is 5.78. The second-order valence-electron chi connectivity index (χ2n) is 27.5. The lowest BCUT2D eigenvalue weighted by atomic mass is 10.1. The molecular formula is C101H228N8O21. The number of hydroxylamine groups is 2. The fourth-order valence-corrected chi connectivity index (χ4v) is 7.46. The minimum atomic E-state index is -0.589. The molecule has 798 valence electrons. The van der Waals surface area contributed by atoms with E-state index in [1.807, 2.05) is 140 Å². The number of likely N-dealkylation sites (N-methyl/N-ethyl adjacent to an activating group) is 2. The Morgan fingerprint density at radius 1 is 0.377 bits per heavy atom. The van der Waals surface area contributed by atoms with Crippen molar-refractivity contribution in [1.29, 1.82) is 0 Å². The summed E-state index contributed by atoms with van der Waals surface area (Å²) in [5.41, 5.74) is 0. The molecule has 3 heterocycles. The number of hydrogen-bond acceptors (Lipinski definition) is 25. The third kappa shape index (κ3) is 247. The lowest BCUT2D eigenvalue weighted by Gasteiger charge is -2.31. The molecule has 0 unspecified atom stereocenters. The van der Waals surface area contributed by atoms with Gasteiger partial charge in [0.2, 0.25) is 23.6 Å². The van der Waals surface area contributed by atoms with Crippen molar-refractivity contribution >= 4 is 70.5 Å². The van der Waals surface area contributed by atoms with Gasteiger partial charge in [-0.2, -0.15) is 5.06 Å². The van der Waals surface area contributed by atoms with Gasteiger partial charge in [-0.05, 0) is 140 Å². The summed E-state index contributed by atoms with van der Waals surface area (Å²) >= 11 is 0. The summed E-state index contributed by atoms with van der Waals surface area (Å²) < 4.78 is 38.1. The van der Waals surface area contributed by atoms with Gasteiger partial charge >= 0.3 is 12.1 Å². The average Bonchev–Trinajstić information content (AvgIpc) is 1.66. The predicted octanol–water partition coefficient (Wildman–Crippen LogP) is 21.6. The number of amides is 4. The van der Waals surface area contributed by atoms with Crippen molar-refractivity contribution in [3.8, 4) is 0 Å². The largest absolute Gasteiger partial charge is 0.508 e. The molecule has 0 spiro atoms. The average molecular weight is 1890 g/mol. The fraction of sp³-hybridized carbons (Fsp3) is 0.881. The number of carbonyl (C=O) groups excluding carboxylic acids is 12. The summed E-state index contributed by atoms with van der Waals surface area (Å²) in [7, 11) is 10.9. The van der Waals surface area contributed by atoms with E-state index in [0.717, 1.165) is 130 Å². The maximum absolute atomic E-state index is 10.7. The number of ketones is 6. The van der Waals surface area contributed by atoms with Gasteiger partial charge in [-0.1, -0.05) is 227 Å². The highest BCUT2D eigenvalue weighted by atomic mass is 16.7. The van der Waals surface area contributed by atoms with E-state index >= 15 is 0 Å². The van der Waals surface area contributed by atoms with E-state index in [-0.39, 0.29) is 101 Å². The number of piperazine rings is 1. The number of hydrogen-bond donors (Lipinski definition) is 2. The number of rotatable bonds is 36. The Morgan fingerprint density at radius 2 is 0.769 bits per heavy atom. The highest BCUT2D eigenvalue weighted by Crippen LogP contribution is 2.14. The van der Waals surface area contributed by atoms with Gasteiger partial charge in [0.1, 0.15) is 43.8 Å². The van der Waals surface area contributed by atoms with E-state index in [1.165, 1.54) is 99.3 Å². The number of piperidine rings is 1. The summed E-state index contributed by atoms with van der Waals surface area (Å²) in [5, 5.41) is 6.99. The molecule has 3 rings (SSSR count). The van der Waals surface area contributed by atoms with Gasteiger partial charge in [0.25, 0.3) is 0 Å². The van der Waals surface area contributed by atoms with Crippen molar-refractivity contribution in [2.24, 2.45) is 5.92 Å². The molecular weight excluding hydrogens is 1660 g/mol. The van der Waals surface area contributed by atoms with Crippen molar-refractivity contribution in [3.63, 3.8) is 0 Å².